The van der Waals surface area contributed by atoms with Gasteiger partial charge in [0, 0.05) is 51.3 Å². The molecule has 2 aromatic carbocycles. The molecular weight excluding hydrogens is 464 g/mol. The Balaban J connectivity index is 1.29. The molecule has 0 bridgehead atoms. The first-order chi connectivity index (χ1) is 17.0. The zero-order chi connectivity index (χ0) is 24.4. The summed E-state index contributed by atoms with van der Waals surface area (Å²) in [6.45, 7) is 4.77. The molecule has 3 heterocycles. The molecule has 182 valence electrons. The molecule has 0 aromatic heterocycles. The van der Waals surface area contributed by atoms with Gasteiger partial charge in [0.25, 0.3) is 5.91 Å². The Morgan fingerprint density at radius 3 is 2.46 bits per heavy atom. The van der Waals surface area contributed by atoms with Crippen molar-refractivity contribution < 1.29 is 9.59 Å². The number of fused-ring (bicyclic) bond motifs is 1. The zero-order valence-electron chi connectivity index (χ0n) is 19.7. The van der Waals surface area contributed by atoms with Gasteiger partial charge in [-0.1, -0.05) is 66.2 Å². The number of aliphatic imine (C=N–C) groups is 1. The molecule has 35 heavy (non-hydrogen) atoms. The van der Waals surface area contributed by atoms with E-state index in [9.17, 15) is 9.59 Å². The van der Waals surface area contributed by atoms with E-state index in [1.54, 1.807) is 7.05 Å². The number of likely N-dealkylation sites (N-methyl/N-ethyl adjacent to an activating group) is 1. The van der Waals surface area contributed by atoms with E-state index < -0.39 is 18.2 Å². The van der Waals surface area contributed by atoms with Gasteiger partial charge in [0.05, 0.1) is 0 Å². The summed E-state index contributed by atoms with van der Waals surface area (Å²) in [6, 6.07) is 16.9. The number of carbonyl (C=O) groups is 2. The highest BCUT2D eigenvalue weighted by Crippen LogP contribution is 2.28. The minimum absolute atomic E-state index is 0.310. The molecule has 3 aliphatic heterocycles. The molecule has 2 unspecified atom stereocenters. The first-order valence-electron chi connectivity index (χ1n) is 11.8. The van der Waals surface area contributed by atoms with Crippen LogP contribution in [-0.2, 0) is 11.3 Å². The summed E-state index contributed by atoms with van der Waals surface area (Å²) in [6.07, 6.45) is 3.81. The Bertz CT molecular complexity index is 1130. The average molecular weight is 493 g/mol. The SMILES string of the molecule is CN1C(=O)NC(=O)C2C1N=C(N1CCN(C/C=C/c3ccccc3)CC1)N2Cc1ccc(Cl)cc1. The fourth-order valence-electron chi connectivity index (χ4n) is 4.76. The normalized spacial score (nSPS) is 23.0. The van der Waals surface area contributed by atoms with Gasteiger partial charge < -0.3 is 14.7 Å². The van der Waals surface area contributed by atoms with Crippen LogP contribution < -0.4 is 5.32 Å². The molecular formula is C26H29ClN6O2. The van der Waals surface area contributed by atoms with Gasteiger partial charge in [-0.05, 0) is 23.3 Å². The topological polar surface area (TPSA) is 71.5 Å². The quantitative estimate of drug-likeness (QED) is 0.695. The van der Waals surface area contributed by atoms with E-state index in [-0.39, 0.29) is 5.91 Å². The lowest BCUT2D eigenvalue weighted by molar-refractivity contribution is -0.127. The number of amides is 3. The molecule has 2 aromatic rings. The number of urea groups is 1. The van der Waals surface area contributed by atoms with Gasteiger partial charge in [0.15, 0.2) is 18.2 Å². The molecule has 0 radical (unpaired) electrons. The second-order valence-corrected chi connectivity index (χ2v) is 9.48. The number of carbonyl (C=O) groups excluding carboxylic acids is 2. The van der Waals surface area contributed by atoms with Crippen molar-refractivity contribution in [3.8, 4) is 0 Å². The molecule has 1 N–H and O–H groups in total. The molecule has 3 aliphatic rings. The van der Waals surface area contributed by atoms with E-state index in [1.165, 1.54) is 10.5 Å². The summed E-state index contributed by atoms with van der Waals surface area (Å²) in [5.41, 5.74) is 2.23. The van der Waals surface area contributed by atoms with Crippen molar-refractivity contribution in [1.29, 1.82) is 0 Å². The maximum Gasteiger partial charge on any atom is 0.325 e. The molecule has 2 atom stereocenters. The van der Waals surface area contributed by atoms with Crippen LogP contribution in [0.15, 0.2) is 65.7 Å². The molecule has 8 nitrogen and oxygen atoms in total. The summed E-state index contributed by atoms with van der Waals surface area (Å²) < 4.78 is 0. The molecule has 0 aliphatic carbocycles. The number of rotatable bonds is 5. The Morgan fingerprint density at radius 1 is 1.03 bits per heavy atom. The van der Waals surface area contributed by atoms with Crippen LogP contribution in [0.2, 0.25) is 5.02 Å². The number of nitrogens with one attached hydrogen (secondary N) is 1. The van der Waals surface area contributed by atoms with Crippen LogP contribution in [0.25, 0.3) is 6.08 Å². The highest BCUT2D eigenvalue weighted by Gasteiger charge is 2.49. The predicted octanol–water partition coefficient (Wildman–Crippen LogP) is 2.72. The number of halogens is 1. The van der Waals surface area contributed by atoms with Crippen LogP contribution in [-0.4, -0.2) is 89.5 Å². The lowest BCUT2D eigenvalue weighted by Gasteiger charge is -2.40. The van der Waals surface area contributed by atoms with Crippen LogP contribution in [0, 0.1) is 0 Å². The monoisotopic (exact) mass is 492 g/mol. The van der Waals surface area contributed by atoms with Gasteiger partial charge in [-0.15, -0.1) is 0 Å². The number of benzene rings is 2. The van der Waals surface area contributed by atoms with Crippen molar-refractivity contribution in [2.45, 2.75) is 18.8 Å². The lowest BCUT2D eigenvalue weighted by atomic mass is 10.1. The standard InChI is InChI=1S/C26H29ClN6O2/c1-30-23-22(24(34)29-26(30)35)33(18-20-9-11-21(27)12-10-20)25(28-23)32-16-14-31(15-17-32)13-5-8-19-6-3-2-4-7-19/h2-12,22-23H,13-18H2,1H3,(H,29,34,35)/b8-5+. The van der Waals surface area contributed by atoms with E-state index in [0.29, 0.717) is 11.6 Å². The van der Waals surface area contributed by atoms with E-state index in [4.69, 9.17) is 16.6 Å². The van der Waals surface area contributed by atoms with Crippen molar-refractivity contribution in [2.24, 2.45) is 4.99 Å². The van der Waals surface area contributed by atoms with E-state index in [2.05, 4.69) is 39.4 Å². The number of nitrogens with zero attached hydrogens (tertiary/aromatic N) is 5. The fraction of sp³-hybridized carbons (Fsp3) is 0.346. The van der Waals surface area contributed by atoms with Gasteiger partial charge in [-0.2, -0.15) is 0 Å². The third kappa shape index (κ3) is 5.04. The molecule has 0 saturated carbocycles. The van der Waals surface area contributed by atoms with Crippen molar-refractivity contribution in [3.05, 3.63) is 76.8 Å². The second kappa shape index (κ2) is 10.1. The summed E-state index contributed by atoms with van der Waals surface area (Å²) in [5.74, 6) is 0.460. The van der Waals surface area contributed by atoms with Crippen molar-refractivity contribution in [3.63, 3.8) is 0 Å². The summed E-state index contributed by atoms with van der Waals surface area (Å²) in [7, 11) is 1.68. The molecule has 9 heteroatoms. The molecule has 2 saturated heterocycles. The minimum atomic E-state index is -0.560. The minimum Gasteiger partial charge on any atom is -0.340 e. The average Bonchev–Trinajstić information content (AvgIpc) is 3.25. The maximum absolute atomic E-state index is 12.9. The third-order valence-corrected chi connectivity index (χ3v) is 6.99. The van der Waals surface area contributed by atoms with Gasteiger partial charge in [0.2, 0.25) is 0 Å². The highest BCUT2D eigenvalue weighted by atomic mass is 35.5. The van der Waals surface area contributed by atoms with Crippen LogP contribution >= 0.6 is 11.6 Å². The Hall–Kier alpha value is -3.36. The van der Waals surface area contributed by atoms with E-state index in [1.807, 2.05) is 47.4 Å². The molecule has 2 fully saturated rings. The van der Waals surface area contributed by atoms with Gasteiger partial charge in [0.1, 0.15) is 0 Å². The molecule has 0 spiro atoms. The Labute approximate surface area is 210 Å². The summed E-state index contributed by atoms with van der Waals surface area (Å²) in [5, 5.41) is 3.14. The molecule has 5 rings (SSSR count). The van der Waals surface area contributed by atoms with Gasteiger partial charge >= 0.3 is 6.03 Å². The number of guanidine groups is 1. The van der Waals surface area contributed by atoms with Crippen molar-refractivity contribution in [2.75, 3.05) is 39.8 Å². The number of hydrogen-bond donors (Lipinski definition) is 1. The van der Waals surface area contributed by atoms with Crippen LogP contribution in [0.3, 0.4) is 0 Å². The Morgan fingerprint density at radius 2 is 1.74 bits per heavy atom. The number of imide groups is 1. The Kier molecular flexibility index (Phi) is 6.74. The zero-order valence-corrected chi connectivity index (χ0v) is 20.4. The first-order valence-corrected chi connectivity index (χ1v) is 12.2. The van der Waals surface area contributed by atoms with E-state index >= 15 is 0 Å². The highest BCUT2D eigenvalue weighted by molar-refractivity contribution is 6.30. The summed E-state index contributed by atoms with van der Waals surface area (Å²) >= 11 is 6.07. The summed E-state index contributed by atoms with van der Waals surface area (Å²) in [4.78, 5) is 38.2. The maximum atomic E-state index is 12.9. The van der Waals surface area contributed by atoms with Gasteiger partial charge in [-0.25, -0.2) is 9.79 Å². The fourth-order valence-corrected chi connectivity index (χ4v) is 4.89. The molecule has 3 amide bonds. The van der Waals surface area contributed by atoms with Crippen molar-refractivity contribution >= 4 is 35.6 Å². The predicted molar refractivity (Wildman–Crippen MR) is 137 cm³/mol. The lowest BCUT2D eigenvalue weighted by Crippen LogP contribution is -2.64. The second-order valence-electron chi connectivity index (χ2n) is 9.05. The van der Waals surface area contributed by atoms with Crippen LogP contribution in [0.5, 0.6) is 0 Å². The largest absolute Gasteiger partial charge is 0.340 e. The van der Waals surface area contributed by atoms with Gasteiger partial charge in [-0.3, -0.25) is 15.0 Å². The van der Waals surface area contributed by atoms with E-state index in [0.717, 1.165) is 44.2 Å². The third-order valence-electron chi connectivity index (χ3n) is 6.73. The number of hydrogen-bond acceptors (Lipinski definition) is 6. The van der Waals surface area contributed by atoms with Crippen LogP contribution in [0.1, 0.15) is 11.1 Å². The van der Waals surface area contributed by atoms with Crippen LogP contribution in [0.4, 0.5) is 4.79 Å². The number of piperazine rings is 1. The smallest absolute Gasteiger partial charge is 0.325 e. The first kappa shape index (κ1) is 23.4. The van der Waals surface area contributed by atoms with Crippen molar-refractivity contribution in [1.82, 2.24) is 24.9 Å².